The van der Waals surface area contributed by atoms with Gasteiger partial charge < -0.3 is 4.74 Å². The summed E-state index contributed by atoms with van der Waals surface area (Å²) in [6.07, 6.45) is 0. The van der Waals surface area contributed by atoms with Gasteiger partial charge in [0.1, 0.15) is 5.75 Å². The Bertz CT molecular complexity index is 791. The SMILES string of the molecule is COc1ccc(-c2csc(NC(=O)c3sccc3C)n2)cc1. The number of thiazole rings is 1. The van der Waals surface area contributed by atoms with E-state index in [0.717, 1.165) is 27.4 Å². The van der Waals surface area contributed by atoms with Crippen LogP contribution in [0.1, 0.15) is 15.2 Å². The topological polar surface area (TPSA) is 51.2 Å². The van der Waals surface area contributed by atoms with E-state index < -0.39 is 0 Å². The zero-order chi connectivity index (χ0) is 15.5. The van der Waals surface area contributed by atoms with Crippen LogP contribution in [0.3, 0.4) is 0 Å². The predicted molar refractivity (Wildman–Crippen MR) is 91.1 cm³/mol. The lowest BCUT2D eigenvalue weighted by Gasteiger charge is -2.01. The lowest BCUT2D eigenvalue weighted by atomic mass is 10.2. The Kier molecular flexibility index (Phi) is 4.22. The Balaban J connectivity index is 1.76. The van der Waals surface area contributed by atoms with E-state index in [2.05, 4.69) is 10.3 Å². The number of nitrogens with zero attached hydrogens (tertiary/aromatic N) is 1. The van der Waals surface area contributed by atoms with Crippen molar-refractivity contribution in [3.63, 3.8) is 0 Å². The largest absolute Gasteiger partial charge is 0.497 e. The average molecular weight is 330 g/mol. The number of ether oxygens (including phenoxy) is 1. The van der Waals surface area contributed by atoms with Crippen LogP contribution in [0.5, 0.6) is 5.75 Å². The second-order valence-electron chi connectivity index (χ2n) is 4.65. The van der Waals surface area contributed by atoms with E-state index >= 15 is 0 Å². The maximum absolute atomic E-state index is 12.2. The van der Waals surface area contributed by atoms with Crippen molar-refractivity contribution >= 4 is 33.7 Å². The van der Waals surface area contributed by atoms with Crippen molar-refractivity contribution in [1.29, 1.82) is 0 Å². The monoisotopic (exact) mass is 330 g/mol. The van der Waals surface area contributed by atoms with Gasteiger partial charge in [0.05, 0.1) is 17.7 Å². The van der Waals surface area contributed by atoms with Gasteiger partial charge in [0.2, 0.25) is 0 Å². The van der Waals surface area contributed by atoms with Gasteiger partial charge in [0, 0.05) is 10.9 Å². The molecule has 22 heavy (non-hydrogen) atoms. The molecule has 112 valence electrons. The highest BCUT2D eigenvalue weighted by atomic mass is 32.1. The van der Waals surface area contributed by atoms with Gasteiger partial charge in [-0.2, -0.15) is 0 Å². The molecule has 0 saturated carbocycles. The lowest BCUT2D eigenvalue weighted by Crippen LogP contribution is -2.10. The number of amides is 1. The highest BCUT2D eigenvalue weighted by Crippen LogP contribution is 2.27. The van der Waals surface area contributed by atoms with Crippen molar-refractivity contribution in [2.75, 3.05) is 12.4 Å². The van der Waals surface area contributed by atoms with Crippen LogP contribution in [0, 0.1) is 6.92 Å². The van der Waals surface area contributed by atoms with E-state index in [1.54, 1.807) is 7.11 Å². The third-order valence-corrected chi connectivity index (χ3v) is 4.95. The number of aromatic nitrogens is 1. The van der Waals surface area contributed by atoms with E-state index in [4.69, 9.17) is 4.74 Å². The number of hydrogen-bond acceptors (Lipinski definition) is 5. The third kappa shape index (κ3) is 3.03. The second-order valence-corrected chi connectivity index (χ2v) is 6.43. The summed E-state index contributed by atoms with van der Waals surface area (Å²) in [5, 5.41) is 7.29. The molecule has 0 unspecified atom stereocenters. The van der Waals surface area contributed by atoms with Gasteiger partial charge in [0.15, 0.2) is 5.13 Å². The number of methoxy groups -OCH3 is 1. The normalized spacial score (nSPS) is 10.5. The molecular weight excluding hydrogens is 316 g/mol. The Morgan fingerprint density at radius 2 is 1.95 bits per heavy atom. The van der Waals surface area contributed by atoms with Gasteiger partial charge in [-0.05, 0) is 48.2 Å². The first-order valence-corrected chi connectivity index (χ1v) is 8.38. The van der Waals surface area contributed by atoms with Gasteiger partial charge in [-0.15, -0.1) is 22.7 Å². The Labute approximate surface area is 136 Å². The van der Waals surface area contributed by atoms with Gasteiger partial charge in [-0.1, -0.05) is 0 Å². The molecule has 6 heteroatoms. The molecule has 1 aromatic carbocycles. The summed E-state index contributed by atoms with van der Waals surface area (Å²) >= 11 is 2.85. The van der Waals surface area contributed by atoms with Gasteiger partial charge >= 0.3 is 0 Å². The molecule has 0 bridgehead atoms. The molecule has 0 radical (unpaired) electrons. The van der Waals surface area contributed by atoms with Crippen molar-refractivity contribution in [3.8, 4) is 17.0 Å². The number of carbonyl (C=O) groups is 1. The molecule has 0 atom stereocenters. The predicted octanol–water partition coefficient (Wildman–Crippen LogP) is 4.44. The lowest BCUT2D eigenvalue weighted by molar-refractivity contribution is 0.103. The van der Waals surface area contributed by atoms with Crippen LogP contribution in [-0.4, -0.2) is 18.0 Å². The minimum Gasteiger partial charge on any atom is -0.497 e. The smallest absolute Gasteiger partial charge is 0.267 e. The van der Waals surface area contributed by atoms with Crippen LogP contribution in [0.25, 0.3) is 11.3 Å². The van der Waals surface area contributed by atoms with Crippen LogP contribution >= 0.6 is 22.7 Å². The van der Waals surface area contributed by atoms with Crippen LogP contribution in [-0.2, 0) is 0 Å². The van der Waals surface area contributed by atoms with E-state index in [1.807, 2.05) is 48.0 Å². The first-order valence-electron chi connectivity index (χ1n) is 6.63. The molecule has 1 amide bonds. The zero-order valence-corrected chi connectivity index (χ0v) is 13.8. The molecule has 0 spiro atoms. The summed E-state index contributed by atoms with van der Waals surface area (Å²) in [7, 11) is 1.64. The van der Waals surface area contributed by atoms with Crippen molar-refractivity contribution in [1.82, 2.24) is 4.98 Å². The van der Waals surface area contributed by atoms with Crippen molar-refractivity contribution < 1.29 is 9.53 Å². The standard InChI is InChI=1S/C16H14N2O2S2/c1-10-7-8-21-14(10)15(19)18-16-17-13(9-22-16)11-3-5-12(20-2)6-4-11/h3-9H,1-2H3,(H,17,18,19). The number of rotatable bonds is 4. The summed E-state index contributed by atoms with van der Waals surface area (Å²) in [5.74, 6) is 0.698. The molecule has 4 nitrogen and oxygen atoms in total. The molecule has 3 aromatic rings. The molecule has 1 N–H and O–H groups in total. The van der Waals surface area contributed by atoms with Crippen molar-refractivity contribution in [2.24, 2.45) is 0 Å². The molecular formula is C16H14N2O2S2. The Hall–Kier alpha value is -2.18. The third-order valence-electron chi connectivity index (χ3n) is 3.18. The first-order chi connectivity index (χ1) is 10.7. The Morgan fingerprint density at radius 3 is 2.59 bits per heavy atom. The maximum Gasteiger partial charge on any atom is 0.267 e. The van der Waals surface area contributed by atoms with E-state index in [0.29, 0.717) is 5.13 Å². The number of hydrogen-bond donors (Lipinski definition) is 1. The Morgan fingerprint density at radius 1 is 1.18 bits per heavy atom. The molecule has 0 aliphatic heterocycles. The van der Waals surface area contributed by atoms with Crippen molar-refractivity contribution in [2.45, 2.75) is 6.92 Å². The summed E-state index contributed by atoms with van der Waals surface area (Å²) in [4.78, 5) is 17.4. The minimum atomic E-state index is -0.108. The molecule has 0 saturated heterocycles. The summed E-state index contributed by atoms with van der Waals surface area (Å²) < 4.78 is 5.14. The molecule has 2 heterocycles. The van der Waals surface area contributed by atoms with Gasteiger partial charge in [0.25, 0.3) is 5.91 Å². The molecule has 0 fully saturated rings. The maximum atomic E-state index is 12.2. The summed E-state index contributed by atoms with van der Waals surface area (Å²) in [6.45, 7) is 1.93. The number of carbonyl (C=O) groups excluding carboxylic acids is 1. The summed E-state index contributed by atoms with van der Waals surface area (Å²) in [6, 6.07) is 9.61. The van der Waals surface area contributed by atoms with E-state index in [-0.39, 0.29) is 5.91 Å². The number of thiophene rings is 1. The highest BCUT2D eigenvalue weighted by molar-refractivity contribution is 7.14. The van der Waals surface area contributed by atoms with Gasteiger partial charge in [-0.25, -0.2) is 4.98 Å². The fraction of sp³-hybridized carbons (Fsp3) is 0.125. The number of nitrogens with one attached hydrogen (secondary N) is 1. The second kappa shape index (κ2) is 6.29. The zero-order valence-electron chi connectivity index (χ0n) is 12.1. The summed E-state index contributed by atoms with van der Waals surface area (Å²) in [5.41, 5.74) is 2.81. The average Bonchev–Trinajstić information content (AvgIpc) is 3.16. The van der Waals surface area contributed by atoms with Crippen molar-refractivity contribution in [3.05, 3.63) is 51.5 Å². The van der Waals surface area contributed by atoms with E-state index in [1.165, 1.54) is 22.7 Å². The molecule has 3 rings (SSSR count). The minimum absolute atomic E-state index is 0.108. The quantitative estimate of drug-likeness (QED) is 0.769. The van der Waals surface area contributed by atoms with Crippen LogP contribution < -0.4 is 10.1 Å². The highest BCUT2D eigenvalue weighted by Gasteiger charge is 2.13. The molecule has 2 aromatic heterocycles. The first kappa shape index (κ1) is 14.7. The molecule has 0 aliphatic carbocycles. The molecule has 0 aliphatic rings. The fourth-order valence-corrected chi connectivity index (χ4v) is 3.52. The van der Waals surface area contributed by atoms with Gasteiger partial charge in [-0.3, -0.25) is 10.1 Å². The van der Waals surface area contributed by atoms with Crippen LogP contribution in [0.2, 0.25) is 0 Å². The number of benzene rings is 1. The number of anilines is 1. The van der Waals surface area contributed by atoms with Crippen LogP contribution in [0.4, 0.5) is 5.13 Å². The van der Waals surface area contributed by atoms with E-state index in [9.17, 15) is 4.79 Å². The fourth-order valence-electron chi connectivity index (χ4n) is 1.98. The van der Waals surface area contributed by atoms with Crippen LogP contribution in [0.15, 0.2) is 41.1 Å². The number of aryl methyl sites for hydroxylation is 1.